The van der Waals surface area contributed by atoms with Crippen LogP contribution in [0.4, 0.5) is 4.39 Å². The summed E-state index contributed by atoms with van der Waals surface area (Å²) in [5.74, 6) is 0.0923. The van der Waals surface area contributed by atoms with E-state index in [0.717, 1.165) is 6.42 Å². The summed E-state index contributed by atoms with van der Waals surface area (Å²) >= 11 is 0. The number of aryl methyl sites for hydroxylation is 1. The first-order chi connectivity index (χ1) is 7.13. The second-order valence-corrected chi connectivity index (χ2v) is 3.86. The molecule has 0 amide bonds. The quantitative estimate of drug-likeness (QED) is 0.747. The van der Waals surface area contributed by atoms with E-state index in [-0.39, 0.29) is 11.6 Å². The van der Waals surface area contributed by atoms with Gasteiger partial charge in [-0.1, -0.05) is 13.3 Å². The van der Waals surface area contributed by atoms with Gasteiger partial charge in [-0.3, -0.25) is 4.79 Å². The molecular formula is C12H13FO2. The monoisotopic (exact) mass is 208 g/mol. The second kappa shape index (κ2) is 3.65. The molecular weight excluding hydrogens is 195 g/mol. The number of benzene rings is 1. The van der Waals surface area contributed by atoms with Crippen molar-refractivity contribution in [1.29, 1.82) is 0 Å². The predicted octanol–water partition coefficient (Wildman–Crippen LogP) is 2.88. The third-order valence-electron chi connectivity index (χ3n) is 2.61. The van der Waals surface area contributed by atoms with Gasteiger partial charge in [0.05, 0.1) is 5.56 Å². The molecule has 1 aromatic rings. The van der Waals surface area contributed by atoms with Crippen LogP contribution in [-0.2, 0) is 0 Å². The standard InChI is InChI=1S/C12H13FO2/c1-3-4-10-11(14)9-6-8(13)5-7(2)12(9)15-10/h5-6,10H,3-4H2,1-2H3. The Bertz CT molecular complexity index is 412. The highest BCUT2D eigenvalue weighted by molar-refractivity contribution is 6.04. The van der Waals surface area contributed by atoms with Gasteiger partial charge in [0, 0.05) is 0 Å². The first-order valence-electron chi connectivity index (χ1n) is 5.14. The molecule has 15 heavy (non-hydrogen) atoms. The fraction of sp³-hybridized carbons (Fsp3) is 0.417. The van der Waals surface area contributed by atoms with E-state index in [1.807, 2.05) is 6.92 Å². The summed E-state index contributed by atoms with van der Waals surface area (Å²) in [6.07, 6.45) is 1.16. The van der Waals surface area contributed by atoms with Gasteiger partial charge in [-0.25, -0.2) is 4.39 Å². The molecule has 1 atom stereocenters. The molecule has 1 unspecified atom stereocenters. The summed E-state index contributed by atoms with van der Waals surface area (Å²) in [5.41, 5.74) is 1.09. The number of ketones is 1. The molecule has 0 saturated carbocycles. The maximum absolute atomic E-state index is 13.1. The number of halogens is 1. The Hall–Kier alpha value is -1.38. The van der Waals surface area contributed by atoms with E-state index in [9.17, 15) is 9.18 Å². The molecule has 0 spiro atoms. The molecule has 1 heterocycles. The maximum atomic E-state index is 13.1. The molecule has 3 heteroatoms. The topological polar surface area (TPSA) is 26.3 Å². The number of hydrogen-bond acceptors (Lipinski definition) is 2. The van der Waals surface area contributed by atoms with Crippen LogP contribution in [0, 0.1) is 12.7 Å². The molecule has 0 fully saturated rings. The van der Waals surface area contributed by atoms with E-state index in [0.29, 0.717) is 23.3 Å². The van der Waals surface area contributed by atoms with E-state index in [4.69, 9.17) is 4.74 Å². The van der Waals surface area contributed by atoms with Crippen LogP contribution >= 0.6 is 0 Å². The lowest BCUT2D eigenvalue weighted by Crippen LogP contribution is -2.19. The molecule has 0 saturated heterocycles. The van der Waals surface area contributed by atoms with Crippen LogP contribution in [-0.4, -0.2) is 11.9 Å². The van der Waals surface area contributed by atoms with Crippen molar-refractivity contribution in [3.63, 3.8) is 0 Å². The minimum Gasteiger partial charge on any atom is -0.481 e. The highest BCUT2D eigenvalue weighted by Crippen LogP contribution is 2.34. The Morgan fingerprint density at radius 3 is 2.87 bits per heavy atom. The number of Topliss-reactive ketones (excluding diaryl/α,β-unsaturated/α-hetero) is 1. The van der Waals surface area contributed by atoms with Crippen molar-refractivity contribution in [3.8, 4) is 5.75 Å². The van der Waals surface area contributed by atoms with Gasteiger partial charge < -0.3 is 4.74 Å². The van der Waals surface area contributed by atoms with E-state index >= 15 is 0 Å². The molecule has 80 valence electrons. The normalized spacial score (nSPS) is 18.9. The van der Waals surface area contributed by atoms with E-state index in [1.165, 1.54) is 12.1 Å². The Labute approximate surface area is 88.1 Å². The Morgan fingerprint density at radius 1 is 1.47 bits per heavy atom. The summed E-state index contributed by atoms with van der Waals surface area (Å²) in [4.78, 5) is 11.8. The fourth-order valence-corrected chi connectivity index (χ4v) is 1.89. The number of hydrogen-bond donors (Lipinski definition) is 0. The van der Waals surface area contributed by atoms with Crippen LogP contribution < -0.4 is 4.74 Å². The van der Waals surface area contributed by atoms with Crippen molar-refractivity contribution in [2.24, 2.45) is 0 Å². The van der Waals surface area contributed by atoms with Gasteiger partial charge in [0.25, 0.3) is 0 Å². The van der Waals surface area contributed by atoms with Gasteiger partial charge in [0.1, 0.15) is 11.6 Å². The number of fused-ring (bicyclic) bond motifs is 1. The molecule has 0 aliphatic carbocycles. The number of carbonyl (C=O) groups excluding carboxylic acids is 1. The summed E-state index contributed by atoms with van der Waals surface area (Å²) in [5, 5.41) is 0. The highest BCUT2D eigenvalue weighted by atomic mass is 19.1. The zero-order valence-corrected chi connectivity index (χ0v) is 8.84. The third kappa shape index (κ3) is 1.62. The SMILES string of the molecule is CCCC1Oc2c(C)cc(F)cc2C1=O. The van der Waals surface area contributed by atoms with Crippen molar-refractivity contribution in [2.45, 2.75) is 32.8 Å². The third-order valence-corrected chi connectivity index (χ3v) is 2.61. The van der Waals surface area contributed by atoms with Crippen LogP contribution in [0.25, 0.3) is 0 Å². The average Bonchev–Trinajstić information content (AvgIpc) is 2.47. The van der Waals surface area contributed by atoms with Crippen molar-refractivity contribution in [3.05, 3.63) is 29.1 Å². The number of rotatable bonds is 2. The van der Waals surface area contributed by atoms with Gasteiger partial charge in [-0.15, -0.1) is 0 Å². The molecule has 1 aromatic carbocycles. The summed E-state index contributed by atoms with van der Waals surface area (Å²) in [6, 6.07) is 2.65. The molecule has 0 radical (unpaired) electrons. The van der Waals surface area contributed by atoms with Crippen molar-refractivity contribution in [1.82, 2.24) is 0 Å². The molecule has 2 nitrogen and oxygen atoms in total. The molecule has 0 bridgehead atoms. The van der Waals surface area contributed by atoms with Crippen molar-refractivity contribution >= 4 is 5.78 Å². The Balaban J connectivity index is 2.41. The van der Waals surface area contributed by atoms with Crippen molar-refractivity contribution in [2.75, 3.05) is 0 Å². The van der Waals surface area contributed by atoms with Crippen LogP contribution in [0.15, 0.2) is 12.1 Å². The van der Waals surface area contributed by atoms with E-state index in [1.54, 1.807) is 6.92 Å². The van der Waals surface area contributed by atoms with Crippen LogP contribution in [0.5, 0.6) is 5.75 Å². The molecule has 2 rings (SSSR count). The molecule has 0 aromatic heterocycles. The largest absolute Gasteiger partial charge is 0.481 e. The predicted molar refractivity (Wildman–Crippen MR) is 54.8 cm³/mol. The van der Waals surface area contributed by atoms with Gasteiger partial charge in [-0.2, -0.15) is 0 Å². The Kier molecular flexibility index (Phi) is 2.47. The zero-order valence-electron chi connectivity index (χ0n) is 8.84. The smallest absolute Gasteiger partial charge is 0.207 e. The van der Waals surface area contributed by atoms with Crippen LogP contribution in [0.1, 0.15) is 35.7 Å². The lowest BCUT2D eigenvalue weighted by molar-refractivity contribution is 0.0845. The van der Waals surface area contributed by atoms with Gasteiger partial charge in [0.2, 0.25) is 5.78 Å². The zero-order chi connectivity index (χ0) is 11.0. The summed E-state index contributed by atoms with van der Waals surface area (Å²) in [7, 11) is 0. The first kappa shape index (κ1) is 10.1. The average molecular weight is 208 g/mol. The van der Waals surface area contributed by atoms with Crippen LogP contribution in [0.3, 0.4) is 0 Å². The Morgan fingerprint density at radius 2 is 2.20 bits per heavy atom. The molecule has 1 aliphatic rings. The minimum atomic E-state index is -0.412. The van der Waals surface area contributed by atoms with E-state index < -0.39 is 6.10 Å². The first-order valence-corrected chi connectivity index (χ1v) is 5.14. The molecule has 1 aliphatic heterocycles. The summed E-state index contributed by atoms with van der Waals surface area (Å²) in [6.45, 7) is 3.75. The van der Waals surface area contributed by atoms with Crippen molar-refractivity contribution < 1.29 is 13.9 Å². The summed E-state index contributed by atoms with van der Waals surface area (Å²) < 4.78 is 18.6. The minimum absolute atomic E-state index is 0.0885. The van der Waals surface area contributed by atoms with E-state index in [2.05, 4.69) is 0 Å². The number of ether oxygens (including phenoxy) is 1. The second-order valence-electron chi connectivity index (χ2n) is 3.86. The lowest BCUT2D eigenvalue weighted by atomic mass is 10.0. The van der Waals surface area contributed by atoms with Gasteiger partial charge in [-0.05, 0) is 31.0 Å². The van der Waals surface area contributed by atoms with Gasteiger partial charge >= 0.3 is 0 Å². The number of carbonyl (C=O) groups is 1. The lowest BCUT2D eigenvalue weighted by Gasteiger charge is -2.07. The molecule has 0 N–H and O–H groups in total. The maximum Gasteiger partial charge on any atom is 0.207 e. The van der Waals surface area contributed by atoms with Gasteiger partial charge in [0.15, 0.2) is 6.10 Å². The highest BCUT2D eigenvalue weighted by Gasteiger charge is 2.33. The van der Waals surface area contributed by atoms with Crippen LogP contribution in [0.2, 0.25) is 0 Å². The fourth-order valence-electron chi connectivity index (χ4n) is 1.89.